The van der Waals surface area contributed by atoms with Gasteiger partial charge >= 0.3 is 0 Å². The van der Waals surface area contributed by atoms with E-state index in [4.69, 9.17) is 0 Å². The van der Waals surface area contributed by atoms with Gasteiger partial charge in [0.15, 0.2) is 0 Å². The highest BCUT2D eigenvalue weighted by molar-refractivity contribution is 7.91. The number of aromatic nitrogens is 3. The SMILES string of the molecule is Cc1ccnc(Nc2cc(NCCNS(=O)(=O)c3ccc(C)s3)nc(C)n2)c1. The summed E-state index contributed by atoms with van der Waals surface area (Å²) in [7, 11) is -3.48. The van der Waals surface area contributed by atoms with Crippen LogP contribution in [-0.2, 0) is 10.0 Å². The number of nitrogens with one attached hydrogen (secondary N) is 3. The van der Waals surface area contributed by atoms with Gasteiger partial charge in [0.05, 0.1) is 0 Å². The first-order chi connectivity index (χ1) is 13.3. The van der Waals surface area contributed by atoms with E-state index in [-0.39, 0.29) is 6.54 Å². The summed E-state index contributed by atoms with van der Waals surface area (Å²) in [6.07, 6.45) is 1.73. The third kappa shape index (κ3) is 5.47. The second kappa shape index (κ2) is 8.63. The first kappa shape index (κ1) is 20.2. The van der Waals surface area contributed by atoms with Gasteiger partial charge in [0.25, 0.3) is 0 Å². The maximum absolute atomic E-state index is 12.2. The van der Waals surface area contributed by atoms with Crippen LogP contribution in [0.25, 0.3) is 0 Å². The molecule has 0 aliphatic carbocycles. The predicted molar refractivity (Wildman–Crippen MR) is 112 cm³/mol. The van der Waals surface area contributed by atoms with Gasteiger partial charge in [-0.05, 0) is 50.6 Å². The zero-order chi connectivity index (χ0) is 20.1. The Balaban J connectivity index is 1.58. The number of sulfonamides is 1. The largest absolute Gasteiger partial charge is 0.369 e. The topological polar surface area (TPSA) is 109 Å². The lowest BCUT2D eigenvalue weighted by Crippen LogP contribution is -2.28. The Kier molecular flexibility index (Phi) is 6.22. The minimum absolute atomic E-state index is 0.241. The molecule has 148 valence electrons. The summed E-state index contributed by atoms with van der Waals surface area (Å²) in [5.74, 6) is 2.51. The van der Waals surface area contributed by atoms with Gasteiger partial charge in [-0.25, -0.2) is 28.1 Å². The van der Waals surface area contributed by atoms with Crippen molar-refractivity contribution in [2.45, 2.75) is 25.0 Å². The summed E-state index contributed by atoms with van der Waals surface area (Å²) in [5, 5.41) is 6.27. The number of anilines is 3. The van der Waals surface area contributed by atoms with Gasteiger partial charge in [0, 0.05) is 30.2 Å². The highest BCUT2D eigenvalue weighted by atomic mass is 32.2. The van der Waals surface area contributed by atoms with Crippen LogP contribution in [0.15, 0.2) is 40.7 Å². The minimum Gasteiger partial charge on any atom is -0.369 e. The Morgan fingerprint density at radius 2 is 1.75 bits per heavy atom. The number of hydrogen-bond acceptors (Lipinski definition) is 8. The van der Waals surface area contributed by atoms with Crippen LogP contribution in [0.1, 0.15) is 16.3 Å². The summed E-state index contributed by atoms with van der Waals surface area (Å²) in [6, 6.07) is 9.00. The maximum atomic E-state index is 12.2. The molecule has 0 aromatic carbocycles. The van der Waals surface area contributed by atoms with E-state index in [1.165, 1.54) is 11.3 Å². The molecule has 0 bridgehead atoms. The average molecular weight is 419 g/mol. The van der Waals surface area contributed by atoms with Crippen LogP contribution in [-0.4, -0.2) is 36.5 Å². The standard InChI is InChI=1S/C18H22N6O2S2/c1-12-6-7-19-15(10-12)24-17-11-16(22-14(3)23-17)20-8-9-21-28(25,26)18-5-4-13(2)27-18/h4-7,10-11,21H,8-9H2,1-3H3,(H2,19,20,22,23,24). The molecule has 10 heteroatoms. The highest BCUT2D eigenvalue weighted by Gasteiger charge is 2.15. The fourth-order valence-electron chi connectivity index (χ4n) is 2.46. The van der Waals surface area contributed by atoms with E-state index < -0.39 is 10.0 Å². The molecule has 0 fully saturated rings. The molecular formula is C18H22N6O2S2. The maximum Gasteiger partial charge on any atom is 0.250 e. The van der Waals surface area contributed by atoms with Crippen molar-refractivity contribution in [2.75, 3.05) is 23.7 Å². The molecule has 0 spiro atoms. The second-order valence-corrected chi connectivity index (χ2v) is 9.50. The van der Waals surface area contributed by atoms with E-state index in [0.29, 0.717) is 34.0 Å². The van der Waals surface area contributed by atoms with Gasteiger partial charge < -0.3 is 10.6 Å². The van der Waals surface area contributed by atoms with Gasteiger partial charge in [0.2, 0.25) is 10.0 Å². The first-order valence-corrected chi connectivity index (χ1v) is 11.0. The molecule has 0 aliphatic rings. The molecule has 8 nitrogen and oxygen atoms in total. The number of nitrogens with zero attached hydrogens (tertiary/aromatic N) is 3. The average Bonchev–Trinajstić information content (AvgIpc) is 3.06. The molecule has 0 unspecified atom stereocenters. The van der Waals surface area contributed by atoms with Crippen LogP contribution in [0.5, 0.6) is 0 Å². The van der Waals surface area contributed by atoms with Crippen molar-refractivity contribution < 1.29 is 8.42 Å². The molecule has 0 radical (unpaired) electrons. The van der Waals surface area contributed by atoms with E-state index >= 15 is 0 Å². The molecule has 3 N–H and O–H groups in total. The van der Waals surface area contributed by atoms with E-state index in [1.807, 2.05) is 26.0 Å². The second-order valence-electron chi connectivity index (χ2n) is 6.22. The van der Waals surface area contributed by atoms with Crippen molar-refractivity contribution in [3.05, 3.63) is 52.8 Å². The number of hydrogen-bond donors (Lipinski definition) is 3. The van der Waals surface area contributed by atoms with Crippen molar-refractivity contribution >= 4 is 38.8 Å². The Morgan fingerprint density at radius 1 is 0.964 bits per heavy atom. The Labute approximate surface area is 168 Å². The third-order valence-electron chi connectivity index (χ3n) is 3.71. The molecule has 3 heterocycles. The Morgan fingerprint density at radius 3 is 2.46 bits per heavy atom. The molecular weight excluding hydrogens is 396 g/mol. The lowest BCUT2D eigenvalue weighted by molar-refractivity contribution is 0.585. The van der Waals surface area contributed by atoms with E-state index in [9.17, 15) is 8.42 Å². The van der Waals surface area contributed by atoms with Crippen molar-refractivity contribution in [3.8, 4) is 0 Å². The van der Waals surface area contributed by atoms with Crippen molar-refractivity contribution in [3.63, 3.8) is 0 Å². The van der Waals surface area contributed by atoms with Crippen LogP contribution >= 0.6 is 11.3 Å². The number of rotatable bonds is 8. The van der Waals surface area contributed by atoms with Crippen molar-refractivity contribution in [2.24, 2.45) is 0 Å². The summed E-state index contributed by atoms with van der Waals surface area (Å²) in [6.45, 7) is 6.29. The van der Waals surface area contributed by atoms with E-state index in [2.05, 4.69) is 30.3 Å². The van der Waals surface area contributed by atoms with Gasteiger partial charge in [-0.2, -0.15) is 0 Å². The van der Waals surface area contributed by atoms with E-state index in [0.717, 1.165) is 10.4 Å². The fraction of sp³-hybridized carbons (Fsp3) is 0.278. The summed E-state index contributed by atoms with van der Waals surface area (Å²) in [4.78, 5) is 13.9. The van der Waals surface area contributed by atoms with Gasteiger partial charge in [-0.15, -0.1) is 11.3 Å². The van der Waals surface area contributed by atoms with Gasteiger partial charge in [-0.3, -0.25) is 0 Å². The minimum atomic E-state index is -3.48. The third-order valence-corrected chi connectivity index (χ3v) is 6.67. The molecule has 3 aromatic rings. The zero-order valence-corrected chi connectivity index (χ0v) is 17.5. The van der Waals surface area contributed by atoms with Crippen LogP contribution in [0.3, 0.4) is 0 Å². The summed E-state index contributed by atoms with van der Waals surface area (Å²) >= 11 is 1.25. The van der Waals surface area contributed by atoms with E-state index in [1.54, 1.807) is 31.3 Å². The number of aryl methyl sites for hydroxylation is 3. The van der Waals surface area contributed by atoms with Crippen LogP contribution < -0.4 is 15.4 Å². The molecule has 0 saturated heterocycles. The van der Waals surface area contributed by atoms with Gasteiger partial charge in [0.1, 0.15) is 27.5 Å². The molecule has 28 heavy (non-hydrogen) atoms. The van der Waals surface area contributed by atoms with Gasteiger partial charge in [-0.1, -0.05) is 0 Å². The normalized spacial score (nSPS) is 11.4. The molecule has 3 rings (SSSR count). The van der Waals surface area contributed by atoms with Crippen LogP contribution in [0, 0.1) is 20.8 Å². The molecule has 0 saturated carbocycles. The Hall–Kier alpha value is -2.56. The van der Waals surface area contributed by atoms with Crippen molar-refractivity contribution in [1.29, 1.82) is 0 Å². The number of thiophene rings is 1. The van der Waals surface area contributed by atoms with Crippen LogP contribution in [0.2, 0.25) is 0 Å². The highest BCUT2D eigenvalue weighted by Crippen LogP contribution is 2.20. The lowest BCUT2D eigenvalue weighted by atomic mass is 10.3. The summed E-state index contributed by atoms with van der Waals surface area (Å²) < 4.78 is 27.4. The lowest BCUT2D eigenvalue weighted by Gasteiger charge is -2.10. The Bertz CT molecular complexity index is 1070. The quantitative estimate of drug-likeness (QED) is 0.483. The molecule has 0 aliphatic heterocycles. The smallest absolute Gasteiger partial charge is 0.250 e. The zero-order valence-electron chi connectivity index (χ0n) is 15.9. The monoisotopic (exact) mass is 418 g/mol. The first-order valence-electron chi connectivity index (χ1n) is 8.67. The van der Waals surface area contributed by atoms with Crippen LogP contribution in [0.4, 0.5) is 17.5 Å². The molecule has 0 atom stereocenters. The molecule has 0 amide bonds. The fourth-order valence-corrected chi connectivity index (χ4v) is 4.82. The molecule has 3 aromatic heterocycles. The summed E-state index contributed by atoms with van der Waals surface area (Å²) in [5.41, 5.74) is 1.09. The van der Waals surface area contributed by atoms with Crippen molar-refractivity contribution in [1.82, 2.24) is 19.7 Å². The predicted octanol–water partition coefficient (Wildman–Crippen LogP) is 2.99. The number of pyridine rings is 1.